The Hall–Kier alpha value is -3.46. The lowest BCUT2D eigenvalue weighted by Crippen LogP contribution is -2.33. The molecule has 2 heterocycles. The van der Waals surface area contributed by atoms with Crippen LogP contribution in [0.2, 0.25) is 0 Å². The maximum atomic E-state index is 13.2. The first-order valence-corrected chi connectivity index (χ1v) is 10.4. The molecule has 32 heavy (non-hydrogen) atoms. The fraction of sp³-hybridized carbons (Fsp3) is 0.348. The number of aliphatic hydroxyl groups is 1. The lowest BCUT2D eigenvalue weighted by Gasteiger charge is -2.22. The first-order valence-electron chi connectivity index (χ1n) is 10.4. The van der Waals surface area contributed by atoms with Crippen LogP contribution in [0.25, 0.3) is 5.69 Å². The third kappa shape index (κ3) is 4.57. The average molecular weight is 440 g/mol. The van der Waals surface area contributed by atoms with E-state index in [1.807, 2.05) is 12.1 Å². The molecular formula is C23H25FN4O4. The summed E-state index contributed by atoms with van der Waals surface area (Å²) in [6, 6.07) is 13.0. The van der Waals surface area contributed by atoms with E-state index in [4.69, 9.17) is 9.47 Å². The number of amides is 1. The predicted molar refractivity (Wildman–Crippen MR) is 115 cm³/mol. The molecule has 1 fully saturated rings. The fourth-order valence-corrected chi connectivity index (χ4v) is 3.76. The zero-order chi connectivity index (χ0) is 22.7. The predicted octanol–water partition coefficient (Wildman–Crippen LogP) is 2.77. The Kier molecular flexibility index (Phi) is 6.36. The number of halogens is 1. The Morgan fingerprint density at radius 3 is 2.59 bits per heavy atom. The number of nitrogens with zero attached hydrogens (tertiary/aromatic N) is 4. The molecule has 1 aromatic heterocycles. The molecule has 0 aliphatic carbocycles. The van der Waals surface area contributed by atoms with Gasteiger partial charge in [-0.2, -0.15) is 0 Å². The largest absolute Gasteiger partial charge is 0.497 e. The Morgan fingerprint density at radius 1 is 1.12 bits per heavy atom. The van der Waals surface area contributed by atoms with E-state index in [0.717, 1.165) is 0 Å². The summed E-state index contributed by atoms with van der Waals surface area (Å²) in [5, 5.41) is 18.7. The third-order valence-corrected chi connectivity index (χ3v) is 5.59. The van der Waals surface area contributed by atoms with Gasteiger partial charge in [0, 0.05) is 25.6 Å². The number of hydrogen-bond acceptors (Lipinski definition) is 6. The third-order valence-electron chi connectivity index (χ3n) is 5.59. The minimum Gasteiger partial charge on any atom is -0.497 e. The molecule has 0 bridgehead atoms. The number of hydrogen-bond donors (Lipinski definition) is 1. The Labute approximate surface area is 185 Å². The van der Waals surface area contributed by atoms with Gasteiger partial charge in [-0.3, -0.25) is 4.79 Å². The molecule has 3 aromatic rings. The number of rotatable bonds is 5. The average Bonchev–Trinajstić information content (AvgIpc) is 3.09. The highest BCUT2D eigenvalue weighted by Gasteiger charge is 2.31. The lowest BCUT2D eigenvalue weighted by atomic mass is 10.1. The standard InChI is InChI=1S/C23H25FN4O4/c1-15-22(25-26-28(15)17-8-6-16(24)7-9-17)23(30)27-12-10-20(29)21(11-13-27)32-19-5-3-4-18(14-19)31-2/h3-9,14,20-21,29H,10-13H2,1-2H3/t20-,21-/m0/s1. The van der Waals surface area contributed by atoms with Crippen LogP contribution in [0.1, 0.15) is 29.0 Å². The smallest absolute Gasteiger partial charge is 0.276 e. The topological polar surface area (TPSA) is 89.7 Å². The minimum atomic E-state index is -0.713. The molecule has 4 rings (SSSR count). The van der Waals surface area contributed by atoms with Crippen LogP contribution in [0.4, 0.5) is 4.39 Å². The molecule has 0 saturated carbocycles. The van der Waals surface area contributed by atoms with E-state index in [9.17, 15) is 14.3 Å². The van der Waals surface area contributed by atoms with Crippen molar-refractivity contribution in [3.63, 3.8) is 0 Å². The number of likely N-dealkylation sites (tertiary alicyclic amines) is 1. The second kappa shape index (κ2) is 9.35. The summed E-state index contributed by atoms with van der Waals surface area (Å²) in [7, 11) is 1.58. The van der Waals surface area contributed by atoms with Crippen molar-refractivity contribution in [1.82, 2.24) is 19.9 Å². The summed E-state index contributed by atoms with van der Waals surface area (Å²) in [4.78, 5) is 14.8. The molecule has 0 unspecified atom stereocenters. The first kappa shape index (κ1) is 21.8. The number of aromatic nitrogens is 3. The number of methoxy groups -OCH3 is 1. The molecule has 9 heteroatoms. The number of carbonyl (C=O) groups is 1. The van der Waals surface area contributed by atoms with Crippen LogP contribution in [0.3, 0.4) is 0 Å². The van der Waals surface area contributed by atoms with Gasteiger partial charge in [0.2, 0.25) is 0 Å². The molecule has 1 aliphatic heterocycles. The van der Waals surface area contributed by atoms with Crippen LogP contribution >= 0.6 is 0 Å². The molecule has 1 saturated heterocycles. The Bertz CT molecular complexity index is 1090. The Morgan fingerprint density at radius 2 is 1.84 bits per heavy atom. The van der Waals surface area contributed by atoms with Crippen LogP contribution in [0.5, 0.6) is 11.5 Å². The maximum absolute atomic E-state index is 13.2. The molecule has 1 aliphatic rings. The highest BCUT2D eigenvalue weighted by atomic mass is 19.1. The van der Waals surface area contributed by atoms with E-state index in [1.165, 1.54) is 16.8 Å². The fourth-order valence-electron chi connectivity index (χ4n) is 3.76. The summed E-state index contributed by atoms with van der Waals surface area (Å²) >= 11 is 0. The number of ether oxygens (including phenoxy) is 2. The van der Waals surface area contributed by atoms with Crippen molar-refractivity contribution in [2.24, 2.45) is 0 Å². The summed E-state index contributed by atoms with van der Waals surface area (Å²) in [5.74, 6) is 0.662. The molecule has 1 N–H and O–H groups in total. The van der Waals surface area contributed by atoms with Gasteiger partial charge in [0.05, 0.1) is 24.6 Å². The normalized spacial score (nSPS) is 18.8. The molecule has 0 radical (unpaired) electrons. The molecule has 2 atom stereocenters. The second-order valence-corrected chi connectivity index (χ2v) is 7.68. The zero-order valence-electron chi connectivity index (χ0n) is 17.9. The molecule has 2 aromatic carbocycles. The van der Waals surface area contributed by atoms with Crippen molar-refractivity contribution < 1.29 is 23.8 Å². The van der Waals surface area contributed by atoms with E-state index >= 15 is 0 Å². The van der Waals surface area contributed by atoms with Crippen molar-refractivity contribution in [2.45, 2.75) is 32.0 Å². The zero-order valence-corrected chi connectivity index (χ0v) is 17.9. The van der Waals surface area contributed by atoms with E-state index in [0.29, 0.717) is 48.8 Å². The van der Waals surface area contributed by atoms with Gasteiger partial charge in [-0.1, -0.05) is 11.3 Å². The SMILES string of the molecule is COc1cccc(O[C@H]2CCN(C(=O)c3nnn(-c4ccc(F)cc4)c3C)CC[C@@H]2O)c1. The summed E-state index contributed by atoms with van der Waals surface area (Å²) < 4.78 is 25.9. The second-order valence-electron chi connectivity index (χ2n) is 7.68. The summed E-state index contributed by atoms with van der Waals surface area (Å²) in [5.41, 5.74) is 1.42. The summed E-state index contributed by atoms with van der Waals surface area (Å²) in [6.07, 6.45) is -0.313. The number of aliphatic hydroxyl groups excluding tert-OH is 1. The monoisotopic (exact) mass is 440 g/mol. The summed E-state index contributed by atoms with van der Waals surface area (Å²) in [6.45, 7) is 2.53. The van der Waals surface area contributed by atoms with Crippen LogP contribution in [0.15, 0.2) is 48.5 Å². The quantitative estimate of drug-likeness (QED) is 0.656. The van der Waals surface area contributed by atoms with Crippen molar-refractivity contribution in [3.8, 4) is 17.2 Å². The molecule has 168 valence electrons. The number of benzene rings is 2. The van der Waals surface area contributed by atoms with Crippen LogP contribution in [-0.2, 0) is 0 Å². The van der Waals surface area contributed by atoms with Gasteiger partial charge in [0.1, 0.15) is 23.4 Å². The van der Waals surface area contributed by atoms with Crippen LogP contribution < -0.4 is 9.47 Å². The van der Waals surface area contributed by atoms with E-state index in [2.05, 4.69) is 10.3 Å². The molecule has 8 nitrogen and oxygen atoms in total. The van der Waals surface area contributed by atoms with Gasteiger partial charge in [0.15, 0.2) is 5.69 Å². The van der Waals surface area contributed by atoms with Gasteiger partial charge in [-0.25, -0.2) is 9.07 Å². The van der Waals surface area contributed by atoms with Gasteiger partial charge in [-0.15, -0.1) is 5.10 Å². The van der Waals surface area contributed by atoms with E-state index in [-0.39, 0.29) is 17.4 Å². The molecule has 0 spiro atoms. The van der Waals surface area contributed by atoms with Gasteiger partial charge < -0.3 is 19.5 Å². The maximum Gasteiger partial charge on any atom is 0.276 e. The van der Waals surface area contributed by atoms with Crippen LogP contribution in [0, 0.1) is 12.7 Å². The van der Waals surface area contributed by atoms with Crippen molar-refractivity contribution >= 4 is 5.91 Å². The van der Waals surface area contributed by atoms with Crippen molar-refractivity contribution in [1.29, 1.82) is 0 Å². The van der Waals surface area contributed by atoms with E-state index in [1.54, 1.807) is 43.2 Å². The lowest BCUT2D eigenvalue weighted by molar-refractivity contribution is 0.0349. The Balaban J connectivity index is 1.46. The van der Waals surface area contributed by atoms with Gasteiger partial charge in [-0.05, 0) is 49.7 Å². The minimum absolute atomic E-state index is 0.232. The first-order chi connectivity index (χ1) is 15.5. The van der Waals surface area contributed by atoms with Gasteiger partial charge in [0.25, 0.3) is 5.91 Å². The highest BCUT2D eigenvalue weighted by molar-refractivity contribution is 5.93. The van der Waals surface area contributed by atoms with Crippen molar-refractivity contribution in [3.05, 3.63) is 65.7 Å². The highest BCUT2D eigenvalue weighted by Crippen LogP contribution is 2.24. The molecule has 1 amide bonds. The van der Waals surface area contributed by atoms with Crippen LogP contribution in [-0.4, -0.2) is 63.3 Å². The van der Waals surface area contributed by atoms with Crippen molar-refractivity contribution in [2.75, 3.05) is 20.2 Å². The number of carbonyl (C=O) groups excluding carboxylic acids is 1. The molecular weight excluding hydrogens is 415 g/mol. The van der Waals surface area contributed by atoms with E-state index < -0.39 is 12.2 Å². The van der Waals surface area contributed by atoms with Gasteiger partial charge >= 0.3 is 0 Å².